The summed E-state index contributed by atoms with van der Waals surface area (Å²) in [6, 6.07) is 17.8. The second-order valence-electron chi connectivity index (χ2n) is 13.9. The maximum Gasteiger partial charge on any atom is 0.305 e. The normalized spacial score (nSPS) is 18.2. The van der Waals surface area contributed by atoms with E-state index in [1.807, 2.05) is 60.0 Å². The first-order valence-electron chi connectivity index (χ1n) is 18.1. The van der Waals surface area contributed by atoms with E-state index in [2.05, 4.69) is 5.32 Å². The number of hydrogen-bond donors (Lipinski definition) is 1. The fourth-order valence-electron chi connectivity index (χ4n) is 7.03. The van der Waals surface area contributed by atoms with Crippen LogP contribution in [-0.2, 0) is 25.5 Å². The third-order valence-electron chi connectivity index (χ3n) is 10.2. The van der Waals surface area contributed by atoms with Crippen LogP contribution in [0.15, 0.2) is 66.2 Å². The molecule has 276 valence electrons. The van der Waals surface area contributed by atoms with Crippen molar-refractivity contribution in [3.8, 4) is 11.5 Å². The Hall–Kier alpha value is -4.41. The molecule has 2 amide bonds. The van der Waals surface area contributed by atoms with Crippen molar-refractivity contribution in [2.45, 2.75) is 76.9 Å². The number of carbonyl (C=O) groups excluding carboxylic acids is 3. The lowest BCUT2D eigenvalue weighted by atomic mass is 9.82. The quantitative estimate of drug-likeness (QED) is 0.142. The molecule has 9 nitrogen and oxygen atoms in total. The molecule has 0 spiro atoms. The van der Waals surface area contributed by atoms with Crippen LogP contribution < -0.4 is 14.8 Å². The van der Waals surface area contributed by atoms with E-state index in [1.165, 1.54) is 19.2 Å². The van der Waals surface area contributed by atoms with Crippen molar-refractivity contribution in [1.82, 2.24) is 15.1 Å². The molecule has 3 aromatic carbocycles. The predicted octanol–water partition coefficient (Wildman–Crippen LogP) is 6.46. The van der Waals surface area contributed by atoms with Gasteiger partial charge < -0.3 is 29.3 Å². The van der Waals surface area contributed by atoms with Crippen LogP contribution in [0.3, 0.4) is 0 Å². The van der Waals surface area contributed by atoms with Gasteiger partial charge in [-0.2, -0.15) is 0 Å². The van der Waals surface area contributed by atoms with Crippen LogP contribution in [0, 0.1) is 19.7 Å². The molecule has 2 atom stereocenters. The number of fused-ring (bicyclic) bond motifs is 2. The van der Waals surface area contributed by atoms with E-state index in [0.29, 0.717) is 74.2 Å². The monoisotopic (exact) mass is 731 g/mol. The highest BCUT2D eigenvalue weighted by Crippen LogP contribution is 2.37. The van der Waals surface area contributed by atoms with Crippen molar-refractivity contribution in [1.29, 1.82) is 0 Å². The lowest BCUT2D eigenvalue weighted by Gasteiger charge is -2.45. The summed E-state index contributed by atoms with van der Waals surface area (Å²) in [6.07, 6.45) is 3.91. The summed E-state index contributed by atoms with van der Waals surface area (Å²) in [4.78, 5) is 43.4. The topological polar surface area (TPSA) is 97.4 Å². The third-order valence-corrected chi connectivity index (χ3v) is 10.4. The molecule has 2 heterocycles. The lowest BCUT2D eigenvalue weighted by molar-refractivity contribution is -0.141. The van der Waals surface area contributed by atoms with Gasteiger partial charge in [-0.1, -0.05) is 35.9 Å². The van der Waals surface area contributed by atoms with Gasteiger partial charge in [-0.05, 0) is 110 Å². The summed E-state index contributed by atoms with van der Waals surface area (Å²) in [7, 11) is 1.34. The van der Waals surface area contributed by atoms with Gasteiger partial charge in [0.05, 0.1) is 18.2 Å². The van der Waals surface area contributed by atoms with Gasteiger partial charge in [-0.25, -0.2) is 4.39 Å². The molecule has 3 aromatic rings. The van der Waals surface area contributed by atoms with E-state index in [0.717, 1.165) is 40.7 Å². The Kier molecular flexibility index (Phi) is 12.2. The molecule has 2 aliphatic heterocycles. The van der Waals surface area contributed by atoms with Crippen molar-refractivity contribution in [3.05, 3.63) is 99.3 Å². The van der Waals surface area contributed by atoms with Crippen LogP contribution in [-0.4, -0.2) is 85.7 Å². The van der Waals surface area contributed by atoms with Crippen molar-refractivity contribution in [3.63, 3.8) is 0 Å². The van der Waals surface area contributed by atoms with Gasteiger partial charge in [0.1, 0.15) is 30.5 Å². The zero-order valence-electron chi connectivity index (χ0n) is 30.1. The first-order chi connectivity index (χ1) is 25.1. The summed E-state index contributed by atoms with van der Waals surface area (Å²) < 4.78 is 30.2. The Balaban J connectivity index is 1.19. The van der Waals surface area contributed by atoms with Crippen LogP contribution in [0.2, 0.25) is 5.02 Å². The number of nitrogens with one attached hydrogen (secondary N) is 1. The molecule has 0 unspecified atom stereocenters. The van der Waals surface area contributed by atoms with Crippen molar-refractivity contribution in [2.24, 2.45) is 0 Å². The minimum atomic E-state index is -0.350. The van der Waals surface area contributed by atoms with Gasteiger partial charge >= 0.3 is 5.97 Å². The average molecular weight is 732 g/mol. The third kappa shape index (κ3) is 9.33. The highest BCUT2D eigenvalue weighted by molar-refractivity contribution is 6.32. The van der Waals surface area contributed by atoms with Gasteiger partial charge in [-0.3, -0.25) is 14.4 Å². The van der Waals surface area contributed by atoms with Gasteiger partial charge in [0, 0.05) is 50.1 Å². The van der Waals surface area contributed by atoms with E-state index in [1.54, 1.807) is 12.1 Å². The summed E-state index contributed by atoms with van der Waals surface area (Å²) in [5.41, 5.74) is 5.78. The molecular weight excluding hydrogens is 685 g/mol. The summed E-state index contributed by atoms with van der Waals surface area (Å²) >= 11 is 6.36. The maximum absolute atomic E-state index is 14.7. The largest absolute Gasteiger partial charge is 0.490 e. The van der Waals surface area contributed by atoms with E-state index >= 15 is 0 Å². The number of halogens is 2. The number of methoxy groups -OCH3 is 1. The van der Waals surface area contributed by atoms with Crippen molar-refractivity contribution >= 4 is 35.0 Å². The van der Waals surface area contributed by atoms with Gasteiger partial charge in [0.2, 0.25) is 5.91 Å². The van der Waals surface area contributed by atoms with Crippen LogP contribution >= 0.6 is 11.6 Å². The molecule has 2 bridgehead atoms. The molecule has 0 radical (unpaired) electrons. The zero-order chi connectivity index (χ0) is 36.8. The molecule has 6 rings (SSSR count). The zero-order valence-corrected chi connectivity index (χ0v) is 30.8. The van der Waals surface area contributed by atoms with Crippen molar-refractivity contribution < 1.29 is 33.0 Å². The van der Waals surface area contributed by atoms with Gasteiger partial charge in [0.15, 0.2) is 0 Å². The minimum absolute atomic E-state index is 0.0296. The summed E-state index contributed by atoms with van der Waals surface area (Å²) in [6.45, 7) is 6.08. The van der Waals surface area contributed by atoms with Crippen LogP contribution in [0.25, 0.3) is 5.57 Å². The Morgan fingerprint density at radius 2 is 1.65 bits per heavy atom. The van der Waals surface area contributed by atoms with Crippen LogP contribution in [0.4, 0.5) is 4.39 Å². The van der Waals surface area contributed by atoms with Crippen LogP contribution in [0.5, 0.6) is 11.5 Å². The predicted molar refractivity (Wildman–Crippen MR) is 198 cm³/mol. The Morgan fingerprint density at radius 3 is 2.37 bits per heavy atom. The van der Waals surface area contributed by atoms with E-state index < -0.39 is 0 Å². The number of nitrogens with zero attached hydrogens (tertiary/aromatic N) is 2. The average Bonchev–Trinajstić information content (AvgIpc) is 3.98. The number of benzene rings is 3. The number of piperazine rings is 1. The fourth-order valence-corrected chi connectivity index (χ4v) is 7.31. The molecule has 1 saturated carbocycles. The second kappa shape index (κ2) is 16.9. The van der Waals surface area contributed by atoms with Crippen LogP contribution in [0.1, 0.15) is 60.8 Å². The standard InChI is InChI=1S/C41H47ClFN3O6/c1-26-21-35(42)37(22-27(26)2)52-20-19-51-33-15-9-29(10-16-33)34-23-31-24-45(38(47)5-4-6-39(48)50-3)25-36(44-31)40(34)41(49)46(32-13-14-32)18-17-28-7-11-30(43)12-8-28/h7-12,15-16,21-22,31-32,36,44H,4-6,13-14,17-20,23-25H2,1-3H3/t31-,36-/m1/s1. The molecule has 3 aliphatic rings. The number of rotatable bonds is 15. The Bertz CT molecular complexity index is 1790. The molecule has 2 fully saturated rings. The molecule has 1 saturated heterocycles. The molecule has 11 heteroatoms. The molecule has 52 heavy (non-hydrogen) atoms. The molecule has 0 aromatic heterocycles. The maximum atomic E-state index is 14.7. The Labute approximate surface area is 310 Å². The summed E-state index contributed by atoms with van der Waals surface area (Å²) in [5.74, 6) is 0.630. The Morgan fingerprint density at radius 1 is 0.942 bits per heavy atom. The van der Waals surface area contributed by atoms with E-state index in [9.17, 15) is 18.8 Å². The SMILES string of the molecule is COC(=O)CCCC(=O)N1C[C@H]2CC(c3ccc(OCCOc4cc(C)c(C)cc4Cl)cc3)=C(C(=O)N(CCc3ccc(F)cc3)C3CC3)[C@@H](C1)N2. The van der Waals surface area contributed by atoms with Gasteiger partial charge in [-0.15, -0.1) is 0 Å². The number of esters is 1. The minimum Gasteiger partial charge on any atom is -0.490 e. The lowest BCUT2D eigenvalue weighted by Crippen LogP contribution is -2.62. The first-order valence-corrected chi connectivity index (χ1v) is 18.5. The first kappa shape index (κ1) is 37.4. The number of aryl methyl sites for hydroxylation is 2. The van der Waals surface area contributed by atoms with Crippen molar-refractivity contribution in [2.75, 3.05) is 40.0 Å². The molecule has 1 N–H and O–H groups in total. The fraction of sp³-hybridized carbons (Fsp3) is 0.439. The highest BCUT2D eigenvalue weighted by Gasteiger charge is 2.43. The molecule has 1 aliphatic carbocycles. The number of amides is 2. The number of carbonyl (C=O) groups is 3. The molecular formula is C41H47ClFN3O6. The second-order valence-corrected chi connectivity index (χ2v) is 14.3. The highest BCUT2D eigenvalue weighted by atomic mass is 35.5. The summed E-state index contributed by atoms with van der Waals surface area (Å²) in [5, 5.41) is 4.22. The smallest absolute Gasteiger partial charge is 0.305 e. The van der Waals surface area contributed by atoms with E-state index in [4.69, 9.17) is 25.8 Å². The van der Waals surface area contributed by atoms with E-state index in [-0.39, 0.29) is 54.6 Å². The van der Waals surface area contributed by atoms with Gasteiger partial charge in [0.25, 0.3) is 5.91 Å². The number of ether oxygens (including phenoxy) is 3. The number of hydrogen-bond acceptors (Lipinski definition) is 7.